The summed E-state index contributed by atoms with van der Waals surface area (Å²) in [6.07, 6.45) is 5.21. The quantitative estimate of drug-likeness (QED) is 0.598. The van der Waals surface area contributed by atoms with Crippen LogP contribution in [0.4, 0.5) is 0 Å². The molecule has 3 rings (SSSR count). The van der Waals surface area contributed by atoms with Crippen LogP contribution in [0.2, 0.25) is 0 Å². The molecule has 0 fully saturated rings. The number of rotatable bonds is 6. The number of hydrogen-bond acceptors (Lipinski definition) is 2. The van der Waals surface area contributed by atoms with Crippen LogP contribution in [0.25, 0.3) is 21.9 Å². The first-order valence-corrected chi connectivity index (χ1v) is 7.89. The van der Waals surface area contributed by atoms with E-state index in [9.17, 15) is 5.11 Å². The van der Waals surface area contributed by atoms with Gasteiger partial charge in [0.1, 0.15) is 11.2 Å². The molecule has 2 nitrogen and oxygen atoms in total. The summed E-state index contributed by atoms with van der Waals surface area (Å²) < 4.78 is 5.82. The van der Waals surface area contributed by atoms with E-state index in [0.717, 1.165) is 40.3 Å². The van der Waals surface area contributed by atoms with Crippen molar-refractivity contribution in [1.82, 2.24) is 0 Å². The third-order valence-electron chi connectivity index (χ3n) is 4.12. The van der Waals surface area contributed by atoms with Crippen molar-refractivity contribution in [2.24, 2.45) is 0 Å². The van der Waals surface area contributed by atoms with Gasteiger partial charge in [-0.15, -0.1) is 0 Å². The van der Waals surface area contributed by atoms with E-state index >= 15 is 0 Å². The highest BCUT2D eigenvalue weighted by molar-refractivity contribution is 6.04. The van der Waals surface area contributed by atoms with Crippen LogP contribution in [0, 0.1) is 0 Å². The summed E-state index contributed by atoms with van der Waals surface area (Å²) in [5, 5.41) is 12.6. The van der Waals surface area contributed by atoms with E-state index in [0.29, 0.717) is 0 Å². The van der Waals surface area contributed by atoms with Gasteiger partial charge in [-0.05, 0) is 30.2 Å². The monoisotopic (exact) mass is 282 g/mol. The Morgan fingerprint density at radius 1 is 0.952 bits per heavy atom. The average molecular weight is 282 g/mol. The maximum atomic E-state index is 10.4. The highest BCUT2D eigenvalue weighted by atomic mass is 16.3. The minimum absolute atomic E-state index is 0.375. The maximum absolute atomic E-state index is 10.4. The van der Waals surface area contributed by atoms with E-state index in [1.165, 1.54) is 19.3 Å². The molecular formula is C19H22O2. The lowest BCUT2D eigenvalue weighted by Gasteiger charge is -2.10. The molecule has 3 aromatic rings. The summed E-state index contributed by atoms with van der Waals surface area (Å²) in [6.45, 7) is 2.20. The van der Waals surface area contributed by atoms with Gasteiger partial charge in [-0.2, -0.15) is 0 Å². The lowest BCUT2D eigenvalue weighted by atomic mass is 10.0. The van der Waals surface area contributed by atoms with Crippen molar-refractivity contribution in [3.05, 3.63) is 48.0 Å². The van der Waals surface area contributed by atoms with Gasteiger partial charge in [-0.1, -0.05) is 56.9 Å². The minimum atomic E-state index is -0.375. The lowest BCUT2D eigenvalue weighted by Crippen LogP contribution is -1.97. The van der Waals surface area contributed by atoms with Gasteiger partial charge in [0.25, 0.3) is 0 Å². The van der Waals surface area contributed by atoms with E-state index in [2.05, 4.69) is 19.1 Å². The van der Waals surface area contributed by atoms with Crippen molar-refractivity contribution in [3.8, 4) is 0 Å². The predicted molar refractivity (Wildman–Crippen MR) is 87.4 cm³/mol. The van der Waals surface area contributed by atoms with Gasteiger partial charge < -0.3 is 9.52 Å². The first-order valence-electron chi connectivity index (χ1n) is 7.89. The first-order chi connectivity index (χ1) is 10.3. The second-order valence-corrected chi connectivity index (χ2v) is 5.72. The molecule has 1 heterocycles. The zero-order valence-electron chi connectivity index (χ0n) is 12.5. The van der Waals surface area contributed by atoms with Crippen LogP contribution in [-0.2, 0) is 0 Å². The average Bonchev–Trinajstić information content (AvgIpc) is 2.89. The topological polar surface area (TPSA) is 33.4 Å². The Kier molecular flexibility index (Phi) is 4.26. The molecular weight excluding hydrogens is 260 g/mol. The number of benzene rings is 2. The highest BCUT2D eigenvalue weighted by Gasteiger charge is 2.11. The van der Waals surface area contributed by atoms with E-state index in [-0.39, 0.29) is 6.10 Å². The molecule has 0 spiro atoms. The number of furan rings is 1. The van der Waals surface area contributed by atoms with E-state index in [1.54, 1.807) is 0 Å². The fourth-order valence-corrected chi connectivity index (χ4v) is 2.88. The summed E-state index contributed by atoms with van der Waals surface area (Å²) in [7, 11) is 0. The number of aliphatic hydroxyl groups is 1. The van der Waals surface area contributed by atoms with Crippen LogP contribution in [0.15, 0.2) is 46.9 Å². The summed E-state index contributed by atoms with van der Waals surface area (Å²) in [4.78, 5) is 0. The van der Waals surface area contributed by atoms with Crippen molar-refractivity contribution in [2.75, 3.05) is 0 Å². The van der Waals surface area contributed by atoms with Crippen LogP contribution < -0.4 is 0 Å². The van der Waals surface area contributed by atoms with Crippen molar-refractivity contribution in [2.45, 2.75) is 45.1 Å². The van der Waals surface area contributed by atoms with Gasteiger partial charge in [-0.3, -0.25) is 0 Å². The maximum Gasteiger partial charge on any atom is 0.135 e. The molecule has 0 saturated heterocycles. The molecule has 0 aliphatic rings. The molecule has 110 valence electrons. The van der Waals surface area contributed by atoms with E-state index < -0.39 is 0 Å². The zero-order chi connectivity index (χ0) is 14.7. The third kappa shape index (κ3) is 2.96. The molecule has 2 aromatic carbocycles. The van der Waals surface area contributed by atoms with Crippen LogP contribution in [-0.4, -0.2) is 5.11 Å². The van der Waals surface area contributed by atoms with Crippen molar-refractivity contribution in [1.29, 1.82) is 0 Å². The minimum Gasteiger partial charge on any atom is -0.456 e. The van der Waals surface area contributed by atoms with Gasteiger partial charge in [0.05, 0.1) is 6.10 Å². The van der Waals surface area contributed by atoms with Crippen LogP contribution in [0.3, 0.4) is 0 Å². The number of para-hydroxylation sites is 1. The van der Waals surface area contributed by atoms with Crippen LogP contribution in [0.1, 0.15) is 50.7 Å². The molecule has 1 atom stereocenters. The molecule has 0 amide bonds. The summed E-state index contributed by atoms with van der Waals surface area (Å²) >= 11 is 0. The Bertz CT molecular complexity index is 727. The Balaban J connectivity index is 1.84. The molecule has 1 N–H and O–H groups in total. The van der Waals surface area contributed by atoms with Gasteiger partial charge >= 0.3 is 0 Å². The fraction of sp³-hybridized carbons (Fsp3) is 0.368. The van der Waals surface area contributed by atoms with Gasteiger partial charge in [-0.25, -0.2) is 0 Å². The molecule has 1 aromatic heterocycles. The second-order valence-electron chi connectivity index (χ2n) is 5.72. The smallest absolute Gasteiger partial charge is 0.135 e. The molecule has 2 heteroatoms. The summed E-state index contributed by atoms with van der Waals surface area (Å²) in [6, 6.07) is 14.1. The fourth-order valence-electron chi connectivity index (χ4n) is 2.88. The molecule has 0 radical (unpaired) electrons. The van der Waals surface area contributed by atoms with Crippen LogP contribution >= 0.6 is 0 Å². The highest BCUT2D eigenvalue weighted by Crippen LogP contribution is 2.31. The SMILES string of the molecule is CCCCCCC(O)c1ccc2oc3ccccc3c2c1. The Hall–Kier alpha value is -1.80. The predicted octanol–water partition coefficient (Wildman–Crippen LogP) is 5.59. The van der Waals surface area contributed by atoms with Crippen molar-refractivity contribution >= 4 is 21.9 Å². The first kappa shape index (κ1) is 14.2. The number of aliphatic hydroxyl groups excluding tert-OH is 1. The van der Waals surface area contributed by atoms with E-state index in [1.807, 2.05) is 30.3 Å². The zero-order valence-corrected chi connectivity index (χ0v) is 12.5. The number of unbranched alkanes of at least 4 members (excludes halogenated alkanes) is 3. The molecule has 1 unspecified atom stereocenters. The van der Waals surface area contributed by atoms with Crippen molar-refractivity contribution < 1.29 is 9.52 Å². The molecule has 0 saturated carbocycles. The molecule has 0 aliphatic heterocycles. The Morgan fingerprint density at radius 2 is 1.76 bits per heavy atom. The number of hydrogen-bond donors (Lipinski definition) is 1. The molecule has 0 aliphatic carbocycles. The third-order valence-corrected chi connectivity index (χ3v) is 4.12. The largest absolute Gasteiger partial charge is 0.456 e. The standard InChI is InChI=1S/C19H22O2/c1-2-3-4-5-9-17(20)14-11-12-19-16(13-14)15-8-6-7-10-18(15)21-19/h6-8,10-13,17,20H,2-5,9H2,1H3. The lowest BCUT2D eigenvalue weighted by molar-refractivity contribution is 0.163. The Morgan fingerprint density at radius 3 is 2.62 bits per heavy atom. The summed E-state index contributed by atoms with van der Waals surface area (Å²) in [5.74, 6) is 0. The van der Waals surface area contributed by atoms with Crippen LogP contribution in [0.5, 0.6) is 0 Å². The summed E-state index contributed by atoms with van der Waals surface area (Å²) in [5.41, 5.74) is 2.78. The van der Waals surface area contributed by atoms with Gasteiger partial charge in [0.2, 0.25) is 0 Å². The van der Waals surface area contributed by atoms with Crippen molar-refractivity contribution in [3.63, 3.8) is 0 Å². The molecule has 0 bridgehead atoms. The normalized spacial score (nSPS) is 13.0. The molecule has 21 heavy (non-hydrogen) atoms. The van der Waals surface area contributed by atoms with Gasteiger partial charge in [0.15, 0.2) is 0 Å². The van der Waals surface area contributed by atoms with E-state index in [4.69, 9.17) is 4.42 Å². The second kappa shape index (κ2) is 6.31. The number of fused-ring (bicyclic) bond motifs is 3. The Labute approximate surface area is 125 Å². The van der Waals surface area contributed by atoms with Gasteiger partial charge in [0, 0.05) is 10.8 Å².